The van der Waals surface area contributed by atoms with Crippen molar-refractivity contribution in [1.82, 2.24) is 19.5 Å². The fourth-order valence-electron chi connectivity index (χ4n) is 6.07. The maximum atomic E-state index is 13.2. The van der Waals surface area contributed by atoms with E-state index in [9.17, 15) is 4.79 Å². The summed E-state index contributed by atoms with van der Waals surface area (Å²) in [5.41, 5.74) is 7.38. The van der Waals surface area contributed by atoms with E-state index < -0.39 is 0 Å². The number of pyridine rings is 3. The molecule has 7 rings (SSSR count). The average molecular weight is 551 g/mol. The van der Waals surface area contributed by atoms with Crippen LogP contribution in [0.15, 0.2) is 95.9 Å². The van der Waals surface area contributed by atoms with Gasteiger partial charge in [0.2, 0.25) is 0 Å². The lowest BCUT2D eigenvalue weighted by Gasteiger charge is -2.24. The van der Waals surface area contributed by atoms with E-state index in [1.165, 1.54) is 16.3 Å². The predicted octanol–water partition coefficient (Wildman–Crippen LogP) is 8.83. The van der Waals surface area contributed by atoms with Gasteiger partial charge in [-0.05, 0) is 64.4 Å². The first-order valence-corrected chi connectivity index (χ1v) is 14.5. The summed E-state index contributed by atoms with van der Waals surface area (Å²) < 4.78 is 2.27. The molecule has 4 aromatic heterocycles. The fourth-order valence-corrected chi connectivity index (χ4v) is 6.07. The van der Waals surface area contributed by atoms with Crippen molar-refractivity contribution in [2.24, 2.45) is 0 Å². The van der Waals surface area contributed by atoms with Gasteiger partial charge < -0.3 is 4.98 Å². The Kier molecular flexibility index (Phi) is 5.68. The molecule has 4 heterocycles. The summed E-state index contributed by atoms with van der Waals surface area (Å²) in [7, 11) is 0. The molecule has 0 atom stereocenters. The Bertz CT molecular complexity index is 2190. The fraction of sp³-hybridized carbons (Fsp3) is 0.216. The Labute approximate surface area is 244 Å². The highest BCUT2D eigenvalue weighted by molar-refractivity contribution is 6.09. The molecule has 0 amide bonds. The summed E-state index contributed by atoms with van der Waals surface area (Å²) in [6.07, 6.45) is 1.89. The van der Waals surface area contributed by atoms with Gasteiger partial charge in [0.1, 0.15) is 5.82 Å². The molecule has 0 saturated heterocycles. The molecule has 0 saturated carbocycles. The van der Waals surface area contributed by atoms with Gasteiger partial charge in [0.25, 0.3) is 0 Å². The molecule has 0 unspecified atom stereocenters. The van der Waals surface area contributed by atoms with E-state index in [2.05, 4.69) is 123 Å². The maximum absolute atomic E-state index is 13.2. The maximum Gasteiger partial charge on any atom is 0.190 e. The summed E-state index contributed by atoms with van der Waals surface area (Å²) in [6.45, 7) is 13.3. The third kappa shape index (κ3) is 4.11. The number of nitrogens with zero attached hydrogens (tertiary/aromatic N) is 3. The number of aromatic nitrogens is 4. The van der Waals surface area contributed by atoms with Crippen LogP contribution in [0.25, 0.3) is 60.8 Å². The second-order valence-corrected chi connectivity index (χ2v) is 13.3. The van der Waals surface area contributed by atoms with Crippen LogP contribution >= 0.6 is 0 Å². The lowest BCUT2D eigenvalue weighted by atomic mass is 9.83. The first-order valence-electron chi connectivity index (χ1n) is 14.5. The number of hydrogen-bond donors (Lipinski definition) is 1. The van der Waals surface area contributed by atoms with E-state index >= 15 is 0 Å². The van der Waals surface area contributed by atoms with Gasteiger partial charge in [0.05, 0.1) is 38.8 Å². The minimum Gasteiger partial charge on any atom is -0.353 e. The molecule has 5 nitrogen and oxygen atoms in total. The zero-order valence-electron chi connectivity index (χ0n) is 24.9. The van der Waals surface area contributed by atoms with Crippen LogP contribution in [-0.4, -0.2) is 19.5 Å². The van der Waals surface area contributed by atoms with Gasteiger partial charge in [-0.15, -0.1) is 0 Å². The number of rotatable bonds is 2. The van der Waals surface area contributed by atoms with E-state index in [0.717, 1.165) is 44.7 Å². The Morgan fingerprint density at radius 2 is 1.38 bits per heavy atom. The van der Waals surface area contributed by atoms with Crippen molar-refractivity contribution in [3.63, 3.8) is 0 Å². The van der Waals surface area contributed by atoms with Crippen molar-refractivity contribution in [2.75, 3.05) is 0 Å². The predicted molar refractivity (Wildman–Crippen MR) is 175 cm³/mol. The second kappa shape index (κ2) is 9.12. The van der Waals surface area contributed by atoms with Gasteiger partial charge in [0, 0.05) is 22.4 Å². The van der Waals surface area contributed by atoms with Crippen LogP contribution in [0.3, 0.4) is 0 Å². The van der Waals surface area contributed by atoms with Crippen LogP contribution in [-0.2, 0) is 10.8 Å². The number of H-pyrrole nitrogens is 1. The topological polar surface area (TPSA) is 63.6 Å². The first kappa shape index (κ1) is 26.1. The summed E-state index contributed by atoms with van der Waals surface area (Å²) in [5, 5.41) is 3.97. The largest absolute Gasteiger partial charge is 0.353 e. The molecule has 208 valence electrons. The van der Waals surface area contributed by atoms with Crippen LogP contribution < -0.4 is 5.43 Å². The van der Waals surface area contributed by atoms with E-state index in [1.807, 2.05) is 12.3 Å². The summed E-state index contributed by atoms with van der Waals surface area (Å²) in [4.78, 5) is 26.8. The number of nitrogens with one attached hydrogen (secondary N) is 1. The molecule has 1 N–H and O–H groups in total. The first-order chi connectivity index (χ1) is 20.0. The van der Waals surface area contributed by atoms with Gasteiger partial charge >= 0.3 is 0 Å². The molecule has 0 spiro atoms. The van der Waals surface area contributed by atoms with Crippen molar-refractivity contribution < 1.29 is 0 Å². The number of hydrogen-bond acceptors (Lipinski definition) is 3. The van der Waals surface area contributed by atoms with Crippen molar-refractivity contribution in [3.05, 3.63) is 112 Å². The number of fused-ring (bicyclic) bond motifs is 6. The normalized spacial score (nSPS) is 12.6. The molecule has 5 heteroatoms. The van der Waals surface area contributed by atoms with Crippen molar-refractivity contribution >= 4 is 43.6 Å². The van der Waals surface area contributed by atoms with Gasteiger partial charge in [-0.25, -0.2) is 4.98 Å². The van der Waals surface area contributed by atoms with E-state index in [1.54, 1.807) is 12.1 Å². The van der Waals surface area contributed by atoms with Gasteiger partial charge in [-0.3, -0.25) is 14.3 Å². The molecule has 42 heavy (non-hydrogen) atoms. The molecule has 7 aromatic rings. The van der Waals surface area contributed by atoms with Crippen molar-refractivity contribution in [1.29, 1.82) is 0 Å². The van der Waals surface area contributed by atoms with Crippen LogP contribution in [0.4, 0.5) is 0 Å². The van der Waals surface area contributed by atoms with Crippen LogP contribution in [0, 0.1) is 0 Å². The molecular formula is C37H34N4O. The molecule has 0 radical (unpaired) electrons. The number of para-hydroxylation sites is 2. The molecule has 0 aliphatic heterocycles. The van der Waals surface area contributed by atoms with E-state index in [0.29, 0.717) is 10.9 Å². The SMILES string of the molecule is CC(C)(C)c1cc(-c2cc(C(C)(C)C)c3cnc4cccc(=O)c4c3[nH]2)nc(-n2c3ccccc3c3ccccc32)c1. The summed E-state index contributed by atoms with van der Waals surface area (Å²) in [6, 6.07) is 28.9. The highest BCUT2D eigenvalue weighted by atomic mass is 16.1. The average Bonchev–Trinajstić information content (AvgIpc) is 3.30. The molecular weight excluding hydrogens is 516 g/mol. The minimum atomic E-state index is -0.188. The highest BCUT2D eigenvalue weighted by Crippen LogP contribution is 2.37. The van der Waals surface area contributed by atoms with Crippen LogP contribution in [0.1, 0.15) is 52.7 Å². The Morgan fingerprint density at radius 1 is 0.714 bits per heavy atom. The van der Waals surface area contributed by atoms with Gasteiger partial charge in [-0.2, -0.15) is 0 Å². The van der Waals surface area contributed by atoms with E-state index in [-0.39, 0.29) is 16.3 Å². The molecule has 3 aromatic carbocycles. The van der Waals surface area contributed by atoms with Crippen LogP contribution in [0.5, 0.6) is 0 Å². The lowest BCUT2D eigenvalue weighted by molar-refractivity contribution is 0.588. The lowest BCUT2D eigenvalue weighted by Crippen LogP contribution is -2.15. The van der Waals surface area contributed by atoms with Crippen LogP contribution in [0.2, 0.25) is 0 Å². The van der Waals surface area contributed by atoms with Gasteiger partial charge in [0.15, 0.2) is 5.43 Å². The second-order valence-electron chi connectivity index (χ2n) is 13.3. The third-order valence-electron chi connectivity index (χ3n) is 8.27. The highest BCUT2D eigenvalue weighted by Gasteiger charge is 2.24. The molecule has 0 bridgehead atoms. The van der Waals surface area contributed by atoms with Gasteiger partial charge in [-0.1, -0.05) is 84.0 Å². The Hall–Kier alpha value is -4.77. The standard InChI is InChI=1S/C37H34N4O/c1-36(2,3)22-18-28(39-33(19-22)41-30-15-9-7-12-23(30)24-13-8-10-16-31(24)41)29-20-26(37(4,5)6)25-21-38-27-14-11-17-32(42)34(27)35(25)40-29/h7-21,40H,1-6H3. The Morgan fingerprint density at radius 3 is 2.02 bits per heavy atom. The molecule has 0 aliphatic carbocycles. The summed E-state index contributed by atoms with van der Waals surface area (Å²) >= 11 is 0. The summed E-state index contributed by atoms with van der Waals surface area (Å²) in [5.74, 6) is 0.865. The Balaban J connectivity index is 1.59. The zero-order valence-corrected chi connectivity index (χ0v) is 24.9. The number of aromatic amines is 1. The van der Waals surface area contributed by atoms with E-state index in [4.69, 9.17) is 4.98 Å². The zero-order chi connectivity index (χ0) is 29.4. The molecule has 0 aliphatic rings. The molecule has 0 fully saturated rings. The smallest absolute Gasteiger partial charge is 0.190 e. The quantitative estimate of drug-likeness (QED) is 0.219. The number of benzene rings is 3. The monoisotopic (exact) mass is 550 g/mol. The third-order valence-corrected chi connectivity index (χ3v) is 8.27. The van der Waals surface area contributed by atoms with Crippen molar-refractivity contribution in [2.45, 2.75) is 52.4 Å². The van der Waals surface area contributed by atoms with Crippen molar-refractivity contribution in [3.8, 4) is 17.2 Å². The minimum absolute atomic E-state index is 0.0405.